The summed E-state index contributed by atoms with van der Waals surface area (Å²) < 4.78 is 31.2. The summed E-state index contributed by atoms with van der Waals surface area (Å²) in [6.45, 7) is 1.93. The number of halogens is 1. The fourth-order valence-corrected chi connectivity index (χ4v) is 4.89. The van der Waals surface area contributed by atoms with Crippen molar-refractivity contribution in [2.75, 3.05) is 41.0 Å². The third-order valence-electron chi connectivity index (χ3n) is 5.44. The Morgan fingerprint density at radius 3 is 2.89 bits per heavy atom. The standard InChI is InChI=1S/C19H20FN3O4S/c20-13-9-15-18(10-14(13)22-4-7-28-8-5-22)25-11-16-17(27-19(24)23(15)16)2-1-12-3-6-26-21-12/h3,6,9-10,16-17H,1-2,4-5,7-8,11H2/t16-,17-/m1/s1. The average molecular weight is 405 g/mol. The lowest BCUT2D eigenvalue weighted by Crippen LogP contribution is -2.44. The van der Waals surface area contributed by atoms with E-state index in [1.54, 1.807) is 12.1 Å². The molecule has 1 aromatic carbocycles. The van der Waals surface area contributed by atoms with Crippen LogP contribution < -0.4 is 14.5 Å². The van der Waals surface area contributed by atoms with E-state index < -0.39 is 6.09 Å². The summed E-state index contributed by atoms with van der Waals surface area (Å²) in [5.41, 5.74) is 1.78. The number of aromatic nitrogens is 1. The van der Waals surface area contributed by atoms with Gasteiger partial charge in [-0.15, -0.1) is 0 Å². The number of ether oxygens (including phenoxy) is 2. The van der Waals surface area contributed by atoms with Crippen LogP contribution >= 0.6 is 11.8 Å². The maximum Gasteiger partial charge on any atom is 0.415 e. The van der Waals surface area contributed by atoms with Gasteiger partial charge in [-0.05, 0) is 12.8 Å². The molecular formula is C19H20FN3O4S. The third kappa shape index (κ3) is 3.07. The Morgan fingerprint density at radius 1 is 1.25 bits per heavy atom. The number of carbonyl (C=O) groups excluding carboxylic acids is 1. The molecule has 148 valence electrons. The SMILES string of the molecule is O=C1O[C@H](CCc2ccon2)[C@H]2COc3cc(N4CCSCC4)c(F)cc3N12. The van der Waals surface area contributed by atoms with Gasteiger partial charge in [0.2, 0.25) is 0 Å². The number of rotatable bonds is 4. The lowest BCUT2D eigenvalue weighted by atomic mass is 10.0. The quantitative estimate of drug-likeness (QED) is 0.774. The summed E-state index contributed by atoms with van der Waals surface area (Å²) in [5, 5.41) is 3.89. The summed E-state index contributed by atoms with van der Waals surface area (Å²) in [7, 11) is 0. The second kappa shape index (κ2) is 7.20. The molecule has 0 aliphatic carbocycles. The Balaban J connectivity index is 1.38. The Bertz CT molecular complexity index is 872. The molecule has 0 radical (unpaired) electrons. The van der Waals surface area contributed by atoms with Gasteiger partial charge in [0.15, 0.2) is 0 Å². The van der Waals surface area contributed by atoms with Gasteiger partial charge in [-0.25, -0.2) is 9.18 Å². The zero-order valence-electron chi connectivity index (χ0n) is 15.2. The van der Waals surface area contributed by atoms with Gasteiger partial charge >= 0.3 is 6.09 Å². The summed E-state index contributed by atoms with van der Waals surface area (Å²) in [4.78, 5) is 16.1. The minimum atomic E-state index is -0.457. The van der Waals surface area contributed by atoms with Gasteiger partial charge in [0, 0.05) is 42.8 Å². The van der Waals surface area contributed by atoms with Crippen molar-refractivity contribution in [3.05, 3.63) is 36.0 Å². The molecule has 4 heterocycles. The van der Waals surface area contributed by atoms with E-state index >= 15 is 0 Å². The van der Waals surface area contributed by atoms with E-state index in [1.807, 2.05) is 16.7 Å². The van der Waals surface area contributed by atoms with E-state index in [2.05, 4.69) is 5.16 Å². The fraction of sp³-hybridized carbons (Fsp3) is 0.474. The smallest absolute Gasteiger partial charge is 0.415 e. The molecule has 0 saturated carbocycles. The second-order valence-electron chi connectivity index (χ2n) is 7.07. The average Bonchev–Trinajstić information content (AvgIpc) is 3.34. The highest BCUT2D eigenvalue weighted by atomic mass is 32.2. The number of cyclic esters (lactones) is 1. The van der Waals surface area contributed by atoms with Crippen molar-refractivity contribution in [3.8, 4) is 5.75 Å². The molecule has 2 saturated heterocycles. The number of benzene rings is 1. The number of carbonyl (C=O) groups is 1. The van der Waals surface area contributed by atoms with Crippen molar-refractivity contribution in [2.45, 2.75) is 25.0 Å². The number of aryl methyl sites for hydroxylation is 1. The number of nitrogens with zero attached hydrogens (tertiary/aromatic N) is 3. The van der Waals surface area contributed by atoms with Crippen molar-refractivity contribution in [3.63, 3.8) is 0 Å². The fourth-order valence-electron chi connectivity index (χ4n) is 3.99. The van der Waals surface area contributed by atoms with Gasteiger partial charge in [0.25, 0.3) is 0 Å². The highest BCUT2D eigenvalue weighted by molar-refractivity contribution is 7.99. The first-order chi connectivity index (χ1) is 13.7. The van der Waals surface area contributed by atoms with Gasteiger partial charge in [-0.3, -0.25) is 4.90 Å². The van der Waals surface area contributed by atoms with Crippen LogP contribution in [0.2, 0.25) is 0 Å². The molecule has 2 aromatic rings. The molecule has 3 aliphatic rings. The number of thioether (sulfide) groups is 1. The van der Waals surface area contributed by atoms with Crippen LogP contribution in [0.25, 0.3) is 0 Å². The van der Waals surface area contributed by atoms with Crippen LogP contribution in [0.4, 0.5) is 20.6 Å². The van der Waals surface area contributed by atoms with E-state index in [-0.39, 0.29) is 18.0 Å². The second-order valence-corrected chi connectivity index (χ2v) is 8.30. The van der Waals surface area contributed by atoms with Gasteiger partial charge in [0.1, 0.15) is 36.6 Å². The minimum Gasteiger partial charge on any atom is -0.489 e. The molecule has 2 fully saturated rings. The minimum absolute atomic E-state index is 0.275. The zero-order chi connectivity index (χ0) is 19.1. The van der Waals surface area contributed by atoms with Gasteiger partial charge in [-0.2, -0.15) is 11.8 Å². The molecule has 2 atom stereocenters. The number of hydrogen-bond donors (Lipinski definition) is 0. The van der Waals surface area contributed by atoms with Gasteiger partial charge < -0.3 is 18.9 Å². The molecule has 5 rings (SSSR count). The number of hydrogen-bond acceptors (Lipinski definition) is 7. The van der Waals surface area contributed by atoms with Crippen molar-refractivity contribution in [2.24, 2.45) is 0 Å². The molecule has 0 bridgehead atoms. The van der Waals surface area contributed by atoms with Crippen molar-refractivity contribution in [1.82, 2.24) is 5.16 Å². The van der Waals surface area contributed by atoms with Crippen molar-refractivity contribution < 1.29 is 23.2 Å². The highest BCUT2D eigenvalue weighted by Gasteiger charge is 2.46. The molecule has 3 aliphatic heterocycles. The normalized spacial score (nSPS) is 23.8. The topological polar surface area (TPSA) is 68.0 Å². The molecule has 1 amide bonds. The third-order valence-corrected chi connectivity index (χ3v) is 6.38. The van der Waals surface area contributed by atoms with Crippen LogP contribution in [0.1, 0.15) is 12.1 Å². The molecule has 1 aromatic heterocycles. The predicted molar refractivity (Wildman–Crippen MR) is 103 cm³/mol. The first-order valence-electron chi connectivity index (χ1n) is 9.39. The largest absolute Gasteiger partial charge is 0.489 e. The molecular weight excluding hydrogens is 385 g/mol. The summed E-state index contributed by atoms with van der Waals surface area (Å²) >= 11 is 1.87. The van der Waals surface area contributed by atoms with Crippen LogP contribution in [0.3, 0.4) is 0 Å². The van der Waals surface area contributed by atoms with Crippen LogP contribution in [-0.4, -0.2) is 54.6 Å². The van der Waals surface area contributed by atoms with Crippen LogP contribution in [-0.2, 0) is 11.2 Å². The Kier molecular flexibility index (Phi) is 4.54. The maximum atomic E-state index is 14.9. The van der Waals surface area contributed by atoms with E-state index in [9.17, 15) is 9.18 Å². The van der Waals surface area contributed by atoms with E-state index in [1.165, 1.54) is 17.2 Å². The van der Waals surface area contributed by atoms with E-state index in [4.69, 9.17) is 14.0 Å². The van der Waals surface area contributed by atoms with Crippen LogP contribution in [0.5, 0.6) is 5.75 Å². The van der Waals surface area contributed by atoms with Crippen molar-refractivity contribution in [1.29, 1.82) is 0 Å². The molecule has 9 heteroatoms. The van der Waals surface area contributed by atoms with Gasteiger partial charge in [-0.1, -0.05) is 5.16 Å². The summed E-state index contributed by atoms with van der Waals surface area (Å²) in [5.74, 6) is 2.14. The highest BCUT2D eigenvalue weighted by Crippen LogP contribution is 2.43. The maximum absolute atomic E-state index is 14.9. The van der Waals surface area contributed by atoms with Crippen LogP contribution in [0.15, 0.2) is 29.0 Å². The van der Waals surface area contributed by atoms with Gasteiger partial charge in [0.05, 0.1) is 17.1 Å². The molecule has 0 spiro atoms. The van der Waals surface area contributed by atoms with Crippen molar-refractivity contribution >= 4 is 29.2 Å². The first kappa shape index (κ1) is 17.7. The Hall–Kier alpha value is -2.42. The zero-order valence-corrected chi connectivity index (χ0v) is 16.0. The van der Waals surface area contributed by atoms with E-state index in [0.717, 1.165) is 30.3 Å². The number of fused-ring (bicyclic) bond motifs is 3. The summed E-state index contributed by atoms with van der Waals surface area (Å²) in [6.07, 6.45) is 1.96. The Morgan fingerprint density at radius 2 is 2.11 bits per heavy atom. The molecule has 7 nitrogen and oxygen atoms in total. The molecule has 28 heavy (non-hydrogen) atoms. The summed E-state index contributed by atoms with van der Waals surface area (Å²) in [6, 6.07) is 4.63. The number of amides is 1. The van der Waals surface area contributed by atoms with E-state index in [0.29, 0.717) is 36.6 Å². The first-order valence-corrected chi connectivity index (χ1v) is 10.5. The lowest BCUT2D eigenvalue weighted by Gasteiger charge is -2.34. The monoisotopic (exact) mass is 405 g/mol. The molecule has 0 N–H and O–H groups in total. The predicted octanol–water partition coefficient (Wildman–Crippen LogP) is 3.09. The lowest BCUT2D eigenvalue weighted by molar-refractivity contribution is 0.115. The number of anilines is 2. The molecule has 0 unspecified atom stereocenters. The van der Waals surface area contributed by atoms with Crippen LogP contribution in [0, 0.1) is 5.82 Å². The Labute approximate surface area is 165 Å².